The van der Waals surface area contributed by atoms with Gasteiger partial charge in [-0.15, -0.1) is 11.8 Å². The highest BCUT2D eigenvalue weighted by Gasteiger charge is 2.69. The minimum Gasteiger partial charge on any atom is -0.504 e. The van der Waals surface area contributed by atoms with Crippen molar-refractivity contribution in [3.05, 3.63) is 68.4 Å². The zero-order valence-electron chi connectivity index (χ0n) is 19.0. The Morgan fingerprint density at radius 2 is 1.78 bits per heavy atom. The summed E-state index contributed by atoms with van der Waals surface area (Å²) in [7, 11) is 1.49. The zero-order chi connectivity index (χ0) is 24.9. The van der Waals surface area contributed by atoms with Gasteiger partial charge in [0.1, 0.15) is 5.82 Å². The monoisotopic (exact) mass is 524 g/mol. The molecule has 2 bridgehead atoms. The third-order valence-electron chi connectivity index (χ3n) is 8.37. The first-order valence-corrected chi connectivity index (χ1v) is 13.5. The normalized spacial score (nSPS) is 31.9. The second-order valence-electron chi connectivity index (χ2n) is 9.88. The minimum absolute atomic E-state index is 0.00467. The van der Waals surface area contributed by atoms with E-state index in [1.807, 2.05) is 6.07 Å². The molecule has 7 nitrogen and oxygen atoms in total. The van der Waals surface area contributed by atoms with E-state index < -0.39 is 17.7 Å². The lowest BCUT2D eigenvalue weighted by Crippen LogP contribution is -2.42. The quantitative estimate of drug-likeness (QED) is 0.503. The number of thiazole rings is 1. The highest BCUT2D eigenvalue weighted by atomic mass is 32.2. The van der Waals surface area contributed by atoms with Gasteiger partial charge in [-0.05, 0) is 66.1 Å². The van der Waals surface area contributed by atoms with Crippen molar-refractivity contribution in [3.63, 3.8) is 0 Å². The van der Waals surface area contributed by atoms with Crippen LogP contribution >= 0.6 is 23.1 Å². The van der Waals surface area contributed by atoms with Crippen molar-refractivity contribution >= 4 is 40.6 Å². The molecule has 0 radical (unpaired) electrons. The molecule has 3 aromatic rings. The molecule has 2 amide bonds. The first-order chi connectivity index (χ1) is 17.4. The van der Waals surface area contributed by atoms with Gasteiger partial charge in [0, 0.05) is 16.0 Å². The number of rotatable bonds is 3. The lowest BCUT2D eigenvalue weighted by atomic mass is 9.68. The number of anilines is 1. The predicted octanol–water partition coefficient (Wildman–Crippen LogP) is 3.97. The average Bonchev–Trinajstić information content (AvgIpc) is 3.59. The number of hydrogen-bond acceptors (Lipinski definition) is 7. The van der Waals surface area contributed by atoms with Crippen LogP contribution in [0, 0.1) is 35.4 Å². The molecule has 4 aliphatic rings. The van der Waals surface area contributed by atoms with Gasteiger partial charge >= 0.3 is 4.87 Å². The largest absolute Gasteiger partial charge is 0.504 e. The van der Waals surface area contributed by atoms with Crippen LogP contribution in [-0.4, -0.2) is 34.3 Å². The lowest BCUT2D eigenvalue weighted by molar-refractivity contribution is -0.123. The molecular formula is C26H21FN2O5S2. The number of aromatic nitrogens is 1. The summed E-state index contributed by atoms with van der Waals surface area (Å²) in [6.45, 7) is 0. The number of amides is 2. The van der Waals surface area contributed by atoms with Crippen molar-refractivity contribution in [2.24, 2.45) is 29.6 Å². The van der Waals surface area contributed by atoms with Gasteiger partial charge in [0.15, 0.2) is 11.5 Å². The van der Waals surface area contributed by atoms with Gasteiger partial charge in [-0.1, -0.05) is 17.4 Å². The maximum Gasteiger partial charge on any atom is 0.305 e. The molecule has 2 N–H and O–H groups in total. The fourth-order valence-corrected chi connectivity index (χ4v) is 10.0. The number of carbonyl (C=O) groups is 2. The van der Waals surface area contributed by atoms with E-state index in [2.05, 4.69) is 4.98 Å². The van der Waals surface area contributed by atoms with E-state index in [1.54, 1.807) is 23.9 Å². The highest BCUT2D eigenvalue weighted by molar-refractivity contribution is 8.00. The van der Waals surface area contributed by atoms with Crippen LogP contribution in [0.25, 0.3) is 0 Å². The highest BCUT2D eigenvalue weighted by Crippen LogP contribution is 2.68. The Bertz CT molecular complexity index is 1480. The number of carbonyl (C=O) groups excluding carboxylic acids is 2. The van der Waals surface area contributed by atoms with Crippen molar-refractivity contribution in [1.82, 2.24) is 4.98 Å². The number of methoxy groups -OCH3 is 1. The number of nitrogens with zero attached hydrogens (tertiary/aromatic N) is 1. The number of H-pyrrole nitrogens is 1. The van der Waals surface area contributed by atoms with Gasteiger partial charge in [-0.2, -0.15) is 0 Å². The van der Waals surface area contributed by atoms with Crippen molar-refractivity contribution < 1.29 is 23.8 Å². The summed E-state index contributed by atoms with van der Waals surface area (Å²) < 4.78 is 18.9. The van der Waals surface area contributed by atoms with Gasteiger partial charge in [-0.25, -0.2) is 4.39 Å². The molecule has 0 unspecified atom stereocenters. The summed E-state index contributed by atoms with van der Waals surface area (Å²) >= 11 is 2.80. The maximum atomic E-state index is 13.7. The van der Waals surface area contributed by atoms with E-state index in [0.717, 1.165) is 21.9 Å². The molecule has 3 heterocycles. The van der Waals surface area contributed by atoms with Gasteiger partial charge < -0.3 is 14.8 Å². The molecule has 1 aromatic heterocycles. The lowest BCUT2D eigenvalue weighted by Gasteiger charge is -2.43. The van der Waals surface area contributed by atoms with Crippen molar-refractivity contribution in [2.75, 3.05) is 12.0 Å². The Labute approximate surface area is 213 Å². The number of nitrogens with one attached hydrogen (secondary N) is 1. The summed E-state index contributed by atoms with van der Waals surface area (Å²) in [6.07, 6.45) is 0.775. The topological polar surface area (TPSA) is 99.7 Å². The van der Waals surface area contributed by atoms with Crippen molar-refractivity contribution in [3.8, 4) is 11.5 Å². The van der Waals surface area contributed by atoms with E-state index >= 15 is 0 Å². The Hall–Kier alpha value is -3.11. The molecule has 10 heteroatoms. The number of benzene rings is 2. The third kappa shape index (κ3) is 2.88. The van der Waals surface area contributed by atoms with Crippen LogP contribution in [0.3, 0.4) is 0 Å². The summed E-state index contributed by atoms with van der Waals surface area (Å²) in [5.41, 5.74) is 1.31. The van der Waals surface area contributed by atoms with Crippen LogP contribution < -0.4 is 14.5 Å². The number of aromatic amines is 1. The molecule has 0 spiro atoms. The van der Waals surface area contributed by atoms with Crippen LogP contribution in [0.5, 0.6) is 11.5 Å². The molecule has 2 aliphatic heterocycles. The van der Waals surface area contributed by atoms with Gasteiger partial charge in [-0.3, -0.25) is 19.3 Å². The Morgan fingerprint density at radius 3 is 2.50 bits per heavy atom. The number of phenols is 1. The fraction of sp³-hybridized carbons (Fsp3) is 0.346. The second kappa shape index (κ2) is 7.69. The average molecular weight is 525 g/mol. The summed E-state index contributed by atoms with van der Waals surface area (Å²) in [5.74, 6) is -1.48. The van der Waals surface area contributed by atoms with Gasteiger partial charge in [0.25, 0.3) is 0 Å². The second-order valence-corrected chi connectivity index (χ2v) is 12.1. The molecule has 1 saturated heterocycles. The Morgan fingerprint density at radius 1 is 1.06 bits per heavy atom. The molecule has 2 saturated carbocycles. The number of phenolic OH excluding ortho intramolecular Hbond substituents is 1. The smallest absolute Gasteiger partial charge is 0.305 e. The van der Waals surface area contributed by atoms with Crippen LogP contribution in [-0.2, 0) is 9.59 Å². The first kappa shape index (κ1) is 22.1. The van der Waals surface area contributed by atoms with Crippen LogP contribution in [0.4, 0.5) is 10.1 Å². The summed E-state index contributed by atoms with van der Waals surface area (Å²) in [4.78, 5) is 44.6. The van der Waals surface area contributed by atoms with E-state index in [0.29, 0.717) is 11.4 Å². The van der Waals surface area contributed by atoms with E-state index in [1.165, 1.54) is 47.6 Å². The number of fused-ring (bicyclic) bond motifs is 9. The fourth-order valence-electron chi connectivity index (χ4n) is 7.12. The molecule has 184 valence electrons. The minimum atomic E-state index is -0.437. The molecule has 2 aromatic carbocycles. The van der Waals surface area contributed by atoms with Gasteiger partial charge in [0.05, 0.1) is 29.7 Å². The van der Waals surface area contributed by atoms with Crippen LogP contribution in [0.2, 0.25) is 0 Å². The third-order valence-corrected chi connectivity index (χ3v) is 11.0. The number of hydrogen-bond donors (Lipinski definition) is 2. The van der Waals surface area contributed by atoms with E-state index in [9.17, 15) is 23.9 Å². The first-order valence-electron chi connectivity index (χ1n) is 11.8. The van der Waals surface area contributed by atoms with Crippen LogP contribution in [0.15, 0.2) is 52.3 Å². The summed E-state index contributed by atoms with van der Waals surface area (Å²) in [5, 5.41) is 11.1. The Kier molecular flexibility index (Phi) is 4.73. The number of ether oxygens (including phenoxy) is 1. The number of thioether (sulfide) groups is 1. The molecule has 2 aliphatic carbocycles. The van der Waals surface area contributed by atoms with E-state index in [4.69, 9.17) is 4.74 Å². The number of halogens is 1. The SMILES string of the molecule is COc1cc([C@@H]2c3sc(=O)[nH]c3S[C@@H]3[C@H]4C[C@@H]([C@@H]5C(=O)N(c6ccc(F)cc6)C(=O)[C@H]45)[C@H]23)ccc1O. The van der Waals surface area contributed by atoms with Crippen molar-refractivity contribution in [2.45, 2.75) is 22.6 Å². The molecule has 3 fully saturated rings. The van der Waals surface area contributed by atoms with Crippen molar-refractivity contribution in [1.29, 1.82) is 0 Å². The molecule has 36 heavy (non-hydrogen) atoms. The summed E-state index contributed by atoms with van der Waals surface area (Å²) in [6, 6.07) is 10.7. The maximum absolute atomic E-state index is 13.7. The van der Waals surface area contributed by atoms with Crippen LogP contribution in [0.1, 0.15) is 22.8 Å². The number of aromatic hydroxyl groups is 1. The van der Waals surface area contributed by atoms with Gasteiger partial charge in [0.2, 0.25) is 11.8 Å². The molecular weight excluding hydrogens is 503 g/mol. The molecule has 7 rings (SSSR count). The molecule has 7 atom stereocenters. The Balaban J connectivity index is 1.33. The number of imide groups is 1. The van der Waals surface area contributed by atoms with E-state index in [-0.39, 0.29) is 51.4 Å². The predicted molar refractivity (Wildman–Crippen MR) is 132 cm³/mol. The zero-order valence-corrected chi connectivity index (χ0v) is 20.6. The standard InChI is InChI=1S/C26H21FN2O5S2/c1-34-16-8-10(2-7-15(16)30)17-18-13-9-14(21(18)35-23-22(17)36-26(33)28-23)20-19(13)24(31)29(25(20)32)12-5-3-11(27)4-6-12/h2-8,13-14,17-21,30H,9H2,1H3,(H,28,33)/t13-,14+,17+,18-,19+,20-,21-/m1/s1.